The van der Waals surface area contributed by atoms with Gasteiger partial charge in [0.15, 0.2) is 0 Å². The number of ether oxygens (including phenoxy) is 1. The summed E-state index contributed by atoms with van der Waals surface area (Å²) < 4.78 is 7.40. The lowest BCUT2D eigenvalue weighted by Gasteiger charge is -2.11. The monoisotopic (exact) mass is 273 g/mol. The number of hydrogen-bond acceptors (Lipinski definition) is 3. The van der Waals surface area contributed by atoms with Crippen LogP contribution in [-0.2, 0) is 11.3 Å². The van der Waals surface area contributed by atoms with Gasteiger partial charge in [0.05, 0.1) is 18.5 Å². The van der Waals surface area contributed by atoms with E-state index in [4.69, 9.17) is 10.5 Å². The lowest BCUT2D eigenvalue weighted by Crippen LogP contribution is -2.10. The lowest BCUT2D eigenvalue weighted by molar-refractivity contribution is 0.139. The summed E-state index contributed by atoms with van der Waals surface area (Å²) in [5.41, 5.74) is 9.44. The molecule has 0 saturated heterocycles. The molecule has 1 heterocycles. The molecule has 0 radical (unpaired) electrons. The molecule has 20 heavy (non-hydrogen) atoms. The van der Waals surface area contributed by atoms with Crippen LogP contribution in [0.3, 0.4) is 0 Å². The van der Waals surface area contributed by atoms with Crippen LogP contribution in [0.4, 0.5) is 5.95 Å². The Morgan fingerprint density at radius 3 is 2.55 bits per heavy atom. The van der Waals surface area contributed by atoms with Gasteiger partial charge in [-0.3, -0.25) is 0 Å². The third-order valence-corrected chi connectivity index (χ3v) is 3.42. The summed E-state index contributed by atoms with van der Waals surface area (Å²) in [5.74, 6) is 1.07. The van der Waals surface area contributed by atoms with Gasteiger partial charge >= 0.3 is 0 Å². The van der Waals surface area contributed by atoms with Crippen molar-refractivity contribution in [3.63, 3.8) is 0 Å². The third-order valence-electron chi connectivity index (χ3n) is 3.42. The normalized spacial score (nSPS) is 11.2. The van der Waals surface area contributed by atoms with Gasteiger partial charge in [0, 0.05) is 13.2 Å². The highest BCUT2D eigenvalue weighted by atomic mass is 16.5. The first-order valence-corrected chi connectivity index (χ1v) is 7.12. The lowest BCUT2D eigenvalue weighted by atomic mass is 10.0. The van der Waals surface area contributed by atoms with E-state index in [1.165, 1.54) is 5.56 Å². The van der Waals surface area contributed by atoms with Crippen molar-refractivity contribution in [3.8, 4) is 11.3 Å². The van der Waals surface area contributed by atoms with E-state index in [0.717, 1.165) is 17.8 Å². The van der Waals surface area contributed by atoms with Crippen molar-refractivity contribution in [1.82, 2.24) is 9.55 Å². The van der Waals surface area contributed by atoms with Crippen molar-refractivity contribution < 1.29 is 4.74 Å². The Balaban J connectivity index is 2.23. The zero-order valence-electron chi connectivity index (χ0n) is 12.5. The van der Waals surface area contributed by atoms with Crippen LogP contribution in [0.5, 0.6) is 0 Å². The van der Waals surface area contributed by atoms with Crippen LogP contribution in [0, 0.1) is 0 Å². The molecular formula is C16H23N3O. The highest BCUT2D eigenvalue weighted by Gasteiger charge is 2.09. The van der Waals surface area contributed by atoms with E-state index >= 15 is 0 Å². The summed E-state index contributed by atoms with van der Waals surface area (Å²) in [6.07, 6.45) is 1.83. The third kappa shape index (κ3) is 3.20. The van der Waals surface area contributed by atoms with Gasteiger partial charge in [-0.1, -0.05) is 38.1 Å². The average molecular weight is 273 g/mol. The van der Waals surface area contributed by atoms with Gasteiger partial charge < -0.3 is 15.0 Å². The maximum Gasteiger partial charge on any atom is 0.200 e. The van der Waals surface area contributed by atoms with Gasteiger partial charge in [-0.05, 0) is 24.0 Å². The van der Waals surface area contributed by atoms with Gasteiger partial charge in [-0.15, -0.1) is 0 Å². The standard InChI is InChI=1S/C16H23N3O/c1-4-20-10-9-19-15(11-18-16(19)17)14-7-5-13(6-8-14)12(2)3/h5-8,11-12H,4,9-10H2,1-3H3,(H2,17,18). The molecule has 2 N–H and O–H groups in total. The average Bonchev–Trinajstić information content (AvgIpc) is 2.81. The Bertz CT molecular complexity index is 543. The van der Waals surface area contributed by atoms with Crippen LogP contribution in [0.15, 0.2) is 30.5 Å². The molecule has 0 atom stereocenters. The van der Waals surface area contributed by atoms with Crippen LogP contribution in [0.2, 0.25) is 0 Å². The SMILES string of the molecule is CCOCCn1c(-c2ccc(C(C)C)cc2)cnc1N. The molecule has 0 bridgehead atoms. The summed E-state index contributed by atoms with van der Waals surface area (Å²) in [6, 6.07) is 8.58. The van der Waals surface area contributed by atoms with Crippen molar-refractivity contribution in [1.29, 1.82) is 0 Å². The summed E-state index contributed by atoms with van der Waals surface area (Å²) in [7, 11) is 0. The molecule has 0 aliphatic rings. The zero-order chi connectivity index (χ0) is 14.5. The van der Waals surface area contributed by atoms with Gasteiger partial charge in [0.2, 0.25) is 5.95 Å². The summed E-state index contributed by atoms with van der Waals surface area (Å²) in [6.45, 7) is 8.46. The smallest absolute Gasteiger partial charge is 0.200 e. The Labute approximate surface area is 120 Å². The second kappa shape index (κ2) is 6.57. The molecule has 4 nitrogen and oxygen atoms in total. The number of anilines is 1. The molecule has 0 aliphatic heterocycles. The van der Waals surface area contributed by atoms with Gasteiger partial charge in [0.25, 0.3) is 0 Å². The number of hydrogen-bond donors (Lipinski definition) is 1. The predicted molar refractivity (Wildman–Crippen MR) is 82.7 cm³/mol. The Kier molecular flexibility index (Phi) is 4.79. The molecule has 1 aromatic heterocycles. The maximum absolute atomic E-state index is 5.94. The highest BCUT2D eigenvalue weighted by molar-refractivity contribution is 5.61. The van der Waals surface area contributed by atoms with Crippen molar-refractivity contribution in [3.05, 3.63) is 36.0 Å². The second-order valence-electron chi connectivity index (χ2n) is 5.13. The minimum Gasteiger partial charge on any atom is -0.380 e. The molecule has 0 saturated carbocycles. The van der Waals surface area contributed by atoms with E-state index in [1.807, 2.05) is 17.7 Å². The molecule has 0 aliphatic carbocycles. The molecule has 0 spiro atoms. The largest absolute Gasteiger partial charge is 0.380 e. The van der Waals surface area contributed by atoms with Gasteiger partial charge in [-0.2, -0.15) is 0 Å². The molecule has 108 valence electrons. The summed E-state index contributed by atoms with van der Waals surface area (Å²) >= 11 is 0. The number of aromatic nitrogens is 2. The first kappa shape index (κ1) is 14.6. The first-order valence-electron chi connectivity index (χ1n) is 7.12. The number of imidazole rings is 1. The zero-order valence-corrected chi connectivity index (χ0v) is 12.5. The second-order valence-corrected chi connectivity index (χ2v) is 5.13. The molecule has 2 rings (SSSR count). The van der Waals surface area contributed by atoms with Crippen molar-refractivity contribution >= 4 is 5.95 Å². The number of nitrogens with zero attached hydrogens (tertiary/aromatic N) is 2. The van der Waals surface area contributed by atoms with E-state index in [0.29, 0.717) is 25.1 Å². The van der Waals surface area contributed by atoms with E-state index in [9.17, 15) is 0 Å². The molecule has 0 fully saturated rings. The van der Waals surface area contributed by atoms with Crippen LogP contribution in [-0.4, -0.2) is 22.8 Å². The number of rotatable bonds is 6. The van der Waals surface area contributed by atoms with Crippen molar-refractivity contribution in [2.24, 2.45) is 0 Å². The van der Waals surface area contributed by atoms with Gasteiger partial charge in [-0.25, -0.2) is 4.98 Å². The molecule has 1 aromatic carbocycles. The molecule has 4 heteroatoms. The fourth-order valence-corrected chi connectivity index (χ4v) is 2.19. The number of nitrogen functional groups attached to an aromatic ring is 1. The highest BCUT2D eigenvalue weighted by Crippen LogP contribution is 2.24. The van der Waals surface area contributed by atoms with Crippen molar-refractivity contribution in [2.75, 3.05) is 18.9 Å². The Hall–Kier alpha value is -1.81. The minimum atomic E-state index is 0.535. The Morgan fingerprint density at radius 1 is 1.25 bits per heavy atom. The van der Waals surface area contributed by atoms with E-state index < -0.39 is 0 Å². The number of nitrogens with two attached hydrogens (primary N) is 1. The van der Waals surface area contributed by atoms with E-state index in [-0.39, 0.29) is 0 Å². The van der Waals surface area contributed by atoms with E-state index in [2.05, 4.69) is 43.1 Å². The van der Waals surface area contributed by atoms with Crippen LogP contribution in [0.1, 0.15) is 32.3 Å². The topological polar surface area (TPSA) is 53.1 Å². The van der Waals surface area contributed by atoms with E-state index in [1.54, 1.807) is 0 Å². The fourth-order valence-electron chi connectivity index (χ4n) is 2.19. The molecule has 0 unspecified atom stereocenters. The minimum absolute atomic E-state index is 0.535. The first-order chi connectivity index (χ1) is 9.63. The summed E-state index contributed by atoms with van der Waals surface area (Å²) in [4.78, 5) is 4.21. The quantitative estimate of drug-likeness (QED) is 0.822. The van der Waals surface area contributed by atoms with Crippen LogP contribution in [0.25, 0.3) is 11.3 Å². The summed E-state index contributed by atoms with van der Waals surface area (Å²) in [5, 5.41) is 0. The Morgan fingerprint density at radius 2 is 1.95 bits per heavy atom. The molecular weight excluding hydrogens is 250 g/mol. The molecule has 0 amide bonds. The fraction of sp³-hybridized carbons (Fsp3) is 0.438. The van der Waals surface area contributed by atoms with Crippen molar-refractivity contribution in [2.45, 2.75) is 33.2 Å². The maximum atomic E-state index is 5.94. The van der Waals surface area contributed by atoms with Gasteiger partial charge in [0.1, 0.15) is 0 Å². The van der Waals surface area contributed by atoms with Crippen LogP contribution < -0.4 is 5.73 Å². The predicted octanol–water partition coefficient (Wildman–Crippen LogP) is 3.29. The van der Waals surface area contributed by atoms with Crippen LogP contribution >= 0.6 is 0 Å². The number of benzene rings is 1. The molecule has 2 aromatic rings.